The maximum atomic E-state index is 12.6. The SMILES string of the molecule is Cc1ccc(C)c(NC(=O)CN(C)C(=O)CCCN2C(=O)NC3(CCCC3)C2=O)c1. The van der Waals surface area contributed by atoms with Crippen LogP contribution in [0.5, 0.6) is 0 Å². The van der Waals surface area contributed by atoms with Gasteiger partial charge in [0, 0.05) is 25.7 Å². The van der Waals surface area contributed by atoms with E-state index in [4.69, 9.17) is 0 Å². The van der Waals surface area contributed by atoms with Crippen molar-refractivity contribution in [2.24, 2.45) is 0 Å². The number of amides is 5. The van der Waals surface area contributed by atoms with Gasteiger partial charge in [-0.25, -0.2) is 4.79 Å². The molecule has 1 aromatic carbocycles. The minimum atomic E-state index is -0.718. The maximum absolute atomic E-state index is 12.6. The van der Waals surface area contributed by atoms with Gasteiger partial charge in [0.25, 0.3) is 5.91 Å². The first-order valence-corrected chi connectivity index (χ1v) is 10.5. The van der Waals surface area contributed by atoms with Crippen LogP contribution in [0.4, 0.5) is 10.5 Å². The van der Waals surface area contributed by atoms with Crippen LogP contribution < -0.4 is 10.6 Å². The molecule has 162 valence electrons. The summed E-state index contributed by atoms with van der Waals surface area (Å²) in [6, 6.07) is 5.44. The van der Waals surface area contributed by atoms with Gasteiger partial charge < -0.3 is 15.5 Å². The second kappa shape index (κ2) is 8.85. The summed E-state index contributed by atoms with van der Waals surface area (Å²) in [5.74, 6) is -0.635. The molecule has 0 atom stereocenters. The Hall–Kier alpha value is -2.90. The van der Waals surface area contributed by atoms with Crippen molar-refractivity contribution in [3.63, 3.8) is 0 Å². The largest absolute Gasteiger partial charge is 0.336 e. The summed E-state index contributed by atoms with van der Waals surface area (Å²) in [4.78, 5) is 52.1. The van der Waals surface area contributed by atoms with Crippen molar-refractivity contribution in [3.8, 4) is 0 Å². The third kappa shape index (κ3) is 4.63. The highest BCUT2D eigenvalue weighted by atomic mass is 16.2. The number of urea groups is 1. The molecule has 0 aromatic heterocycles. The maximum Gasteiger partial charge on any atom is 0.325 e. The van der Waals surface area contributed by atoms with E-state index in [0.29, 0.717) is 19.3 Å². The fraction of sp³-hybridized carbons (Fsp3) is 0.545. The molecule has 2 aliphatic rings. The van der Waals surface area contributed by atoms with Gasteiger partial charge in [0.2, 0.25) is 11.8 Å². The Labute approximate surface area is 177 Å². The molecule has 1 saturated carbocycles. The first-order chi connectivity index (χ1) is 14.2. The number of carbonyl (C=O) groups excluding carboxylic acids is 4. The lowest BCUT2D eigenvalue weighted by molar-refractivity contribution is -0.134. The number of hydrogen-bond donors (Lipinski definition) is 2. The summed E-state index contributed by atoms with van der Waals surface area (Å²) >= 11 is 0. The van der Waals surface area contributed by atoms with Crippen LogP contribution in [0.25, 0.3) is 0 Å². The van der Waals surface area contributed by atoms with E-state index in [1.807, 2.05) is 32.0 Å². The summed E-state index contributed by atoms with van der Waals surface area (Å²) in [5.41, 5.74) is 2.01. The highest BCUT2D eigenvalue weighted by Crippen LogP contribution is 2.35. The van der Waals surface area contributed by atoms with Gasteiger partial charge in [0.1, 0.15) is 5.54 Å². The van der Waals surface area contributed by atoms with Gasteiger partial charge in [-0.1, -0.05) is 25.0 Å². The fourth-order valence-corrected chi connectivity index (χ4v) is 4.14. The Bertz CT molecular complexity index is 861. The lowest BCUT2D eigenvalue weighted by Crippen LogP contribution is -2.44. The van der Waals surface area contributed by atoms with E-state index in [2.05, 4.69) is 10.6 Å². The minimum Gasteiger partial charge on any atom is -0.336 e. The molecular formula is C22H30N4O4. The van der Waals surface area contributed by atoms with Gasteiger partial charge in [-0.15, -0.1) is 0 Å². The number of anilines is 1. The van der Waals surface area contributed by atoms with Crippen molar-refractivity contribution >= 4 is 29.4 Å². The van der Waals surface area contributed by atoms with Crippen molar-refractivity contribution in [3.05, 3.63) is 29.3 Å². The number of carbonyl (C=O) groups is 4. The first kappa shape index (κ1) is 21.8. The predicted octanol–water partition coefficient (Wildman–Crippen LogP) is 2.35. The molecule has 0 bridgehead atoms. The number of rotatable bonds is 7. The standard InChI is InChI=1S/C22H30N4O4/c1-15-8-9-16(2)17(13-15)23-18(27)14-25(3)19(28)7-6-12-26-20(29)22(24-21(26)30)10-4-5-11-22/h8-9,13H,4-7,10-12,14H2,1-3H3,(H,23,27)(H,24,30). The topological polar surface area (TPSA) is 98.8 Å². The van der Waals surface area contributed by atoms with Crippen molar-refractivity contribution in [1.29, 1.82) is 0 Å². The Morgan fingerprint density at radius 1 is 1.20 bits per heavy atom. The van der Waals surface area contributed by atoms with Crippen molar-refractivity contribution in [1.82, 2.24) is 15.1 Å². The molecule has 1 saturated heterocycles. The summed E-state index contributed by atoms with van der Waals surface area (Å²) in [5, 5.41) is 5.68. The van der Waals surface area contributed by atoms with E-state index in [0.717, 1.165) is 29.7 Å². The molecule has 1 aliphatic carbocycles. The number of likely N-dealkylation sites (N-methyl/N-ethyl adjacent to an activating group) is 1. The van der Waals surface area contributed by atoms with Crippen LogP contribution in [0.2, 0.25) is 0 Å². The summed E-state index contributed by atoms with van der Waals surface area (Å²) in [6.45, 7) is 4.01. The number of nitrogens with zero attached hydrogens (tertiary/aromatic N) is 2. The summed E-state index contributed by atoms with van der Waals surface area (Å²) in [6.07, 6.45) is 3.78. The van der Waals surface area contributed by atoms with Gasteiger partial charge in [-0.05, 0) is 50.3 Å². The molecule has 1 aliphatic heterocycles. The zero-order valence-electron chi connectivity index (χ0n) is 17.9. The zero-order chi connectivity index (χ0) is 21.9. The molecule has 0 unspecified atom stereocenters. The number of hydrogen-bond acceptors (Lipinski definition) is 4. The number of aryl methyl sites for hydroxylation is 2. The lowest BCUT2D eigenvalue weighted by Gasteiger charge is -2.20. The second-order valence-electron chi connectivity index (χ2n) is 8.40. The van der Waals surface area contributed by atoms with Crippen LogP contribution in [-0.4, -0.2) is 59.2 Å². The molecule has 1 spiro atoms. The fourth-order valence-electron chi connectivity index (χ4n) is 4.14. The molecular weight excluding hydrogens is 384 g/mol. The van der Waals surface area contributed by atoms with E-state index < -0.39 is 5.54 Å². The Morgan fingerprint density at radius 3 is 2.60 bits per heavy atom. The zero-order valence-corrected chi connectivity index (χ0v) is 17.9. The average molecular weight is 415 g/mol. The molecule has 2 fully saturated rings. The molecule has 1 aromatic rings. The average Bonchev–Trinajstić information content (AvgIpc) is 3.24. The van der Waals surface area contributed by atoms with Crippen LogP contribution in [0.1, 0.15) is 49.7 Å². The third-order valence-electron chi connectivity index (χ3n) is 5.95. The van der Waals surface area contributed by atoms with Gasteiger partial charge >= 0.3 is 6.03 Å². The van der Waals surface area contributed by atoms with E-state index >= 15 is 0 Å². The smallest absolute Gasteiger partial charge is 0.325 e. The Morgan fingerprint density at radius 2 is 1.90 bits per heavy atom. The quantitative estimate of drug-likeness (QED) is 0.669. The van der Waals surface area contributed by atoms with Crippen LogP contribution in [0, 0.1) is 13.8 Å². The third-order valence-corrected chi connectivity index (χ3v) is 5.95. The van der Waals surface area contributed by atoms with Crippen molar-refractivity contribution < 1.29 is 19.2 Å². The molecule has 3 rings (SSSR count). The van der Waals surface area contributed by atoms with E-state index in [1.54, 1.807) is 7.05 Å². The van der Waals surface area contributed by atoms with Crippen molar-refractivity contribution in [2.45, 2.75) is 57.9 Å². The van der Waals surface area contributed by atoms with Gasteiger partial charge in [-0.2, -0.15) is 0 Å². The van der Waals surface area contributed by atoms with Crippen LogP contribution in [-0.2, 0) is 14.4 Å². The van der Waals surface area contributed by atoms with Gasteiger partial charge in [0.15, 0.2) is 0 Å². The first-order valence-electron chi connectivity index (χ1n) is 10.5. The van der Waals surface area contributed by atoms with Crippen LogP contribution in [0.3, 0.4) is 0 Å². The monoisotopic (exact) mass is 414 g/mol. The Balaban J connectivity index is 1.44. The van der Waals surface area contributed by atoms with E-state index in [-0.39, 0.29) is 43.3 Å². The van der Waals surface area contributed by atoms with Gasteiger partial charge in [0.05, 0.1) is 6.54 Å². The van der Waals surface area contributed by atoms with Gasteiger partial charge in [-0.3, -0.25) is 19.3 Å². The molecule has 5 amide bonds. The number of imide groups is 1. The van der Waals surface area contributed by atoms with Crippen LogP contribution in [0.15, 0.2) is 18.2 Å². The minimum absolute atomic E-state index is 0.0571. The summed E-state index contributed by atoms with van der Waals surface area (Å²) < 4.78 is 0. The predicted molar refractivity (Wildman–Crippen MR) is 113 cm³/mol. The van der Waals surface area contributed by atoms with E-state index in [1.165, 1.54) is 9.80 Å². The highest BCUT2D eigenvalue weighted by molar-refractivity contribution is 6.07. The molecule has 0 radical (unpaired) electrons. The Kier molecular flexibility index (Phi) is 6.43. The molecule has 8 heteroatoms. The molecule has 30 heavy (non-hydrogen) atoms. The lowest BCUT2D eigenvalue weighted by atomic mass is 9.98. The second-order valence-corrected chi connectivity index (χ2v) is 8.40. The highest BCUT2D eigenvalue weighted by Gasteiger charge is 2.52. The number of nitrogens with one attached hydrogen (secondary N) is 2. The molecule has 2 N–H and O–H groups in total. The van der Waals surface area contributed by atoms with Crippen molar-refractivity contribution in [2.75, 3.05) is 25.5 Å². The molecule has 8 nitrogen and oxygen atoms in total. The molecule has 1 heterocycles. The van der Waals surface area contributed by atoms with E-state index in [9.17, 15) is 19.2 Å². The van der Waals surface area contributed by atoms with Crippen LogP contribution >= 0.6 is 0 Å². The summed E-state index contributed by atoms with van der Waals surface area (Å²) in [7, 11) is 1.58. The normalized spacial score (nSPS) is 17.4. The number of benzene rings is 1.